The number of hydrogen-bond acceptors (Lipinski definition) is 5. The van der Waals surface area contributed by atoms with Gasteiger partial charge in [-0.1, -0.05) is 63.3 Å². The summed E-state index contributed by atoms with van der Waals surface area (Å²) in [6, 6.07) is 0. The second-order valence-electron chi connectivity index (χ2n) is 7.45. The third kappa shape index (κ3) is 9.70. The molecule has 6 atom stereocenters. The zero-order valence-corrected chi connectivity index (χ0v) is 18.3. The fourth-order valence-electron chi connectivity index (χ4n) is 3.25. The second kappa shape index (κ2) is 12.3. The molecule has 0 aromatic rings. The second-order valence-corrected chi connectivity index (χ2v) is 8.65. The maximum absolute atomic E-state index is 11.5. The number of hydrogen-bond donors (Lipinski definition) is 3. The highest BCUT2D eigenvalue weighted by atomic mass is 31.2. The summed E-state index contributed by atoms with van der Waals surface area (Å²) in [4.78, 5) is 30.1. The lowest BCUT2D eigenvalue weighted by molar-refractivity contribution is -0.149. The van der Waals surface area contributed by atoms with Crippen LogP contribution in [0, 0.1) is 17.8 Å². The Hall–Kier alpha value is -1.50. The van der Waals surface area contributed by atoms with Gasteiger partial charge in [0.1, 0.15) is 6.10 Å². The number of allylic oxidation sites excluding steroid dienone is 5. The van der Waals surface area contributed by atoms with Crippen molar-refractivity contribution in [3.8, 4) is 0 Å². The highest BCUT2D eigenvalue weighted by Crippen LogP contribution is 2.41. The number of aliphatic hydroxyl groups is 1. The van der Waals surface area contributed by atoms with E-state index in [9.17, 15) is 24.3 Å². The van der Waals surface area contributed by atoms with Crippen LogP contribution in [0.3, 0.4) is 0 Å². The Bertz CT molecular complexity index is 677. The van der Waals surface area contributed by atoms with Gasteiger partial charge in [-0.25, -0.2) is 9.36 Å². The normalized spacial score (nSPS) is 24.9. The predicted molar refractivity (Wildman–Crippen MR) is 112 cm³/mol. The number of esters is 1. The first-order valence-electron chi connectivity index (χ1n) is 9.82. The Balaban J connectivity index is 2.77. The van der Waals surface area contributed by atoms with Gasteiger partial charge in [-0.2, -0.15) is 0 Å². The number of phosphoric ester groups is 1. The van der Waals surface area contributed by atoms with Crippen LogP contribution in [0.2, 0.25) is 0 Å². The minimum Gasteiger partial charge on any atom is -0.458 e. The average Bonchev–Trinajstić information content (AvgIpc) is 2.64. The summed E-state index contributed by atoms with van der Waals surface area (Å²) < 4.78 is 21.8. The highest BCUT2D eigenvalue weighted by Gasteiger charge is 2.33. The average molecular weight is 428 g/mol. The van der Waals surface area contributed by atoms with E-state index in [1.165, 1.54) is 6.08 Å². The molecule has 0 amide bonds. The molecule has 8 heteroatoms. The number of rotatable bonds is 11. The van der Waals surface area contributed by atoms with Gasteiger partial charge < -0.3 is 19.6 Å². The number of phosphoric acid groups is 1. The summed E-state index contributed by atoms with van der Waals surface area (Å²) in [5.41, 5.74) is 0. The fraction of sp³-hybridized carbons (Fsp3) is 0.571. The molecule has 0 aromatic heterocycles. The Labute approximate surface area is 173 Å². The molecule has 0 spiro atoms. The van der Waals surface area contributed by atoms with Crippen LogP contribution >= 0.6 is 7.82 Å². The lowest BCUT2D eigenvalue weighted by atomic mass is 9.85. The quantitative estimate of drug-likeness (QED) is 0.261. The van der Waals surface area contributed by atoms with Gasteiger partial charge >= 0.3 is 13.8 Å². The lowest BCUT2D eigenvalue weighted by Crippen LogP contribution is -2.35. The van der Waals surface area contributed by atoms with Crippen LogP contribution in [0.1, 0.15) is 40.5 Å². The van der Waals surface area contributed by atoms with Gasteiger partial charge in [0, 0.05) is 17.9 Å². The summed E-state index contributed by atoms with van der Waals surface area (Å²) in [7, 11) is -4.73. The van der Waals surface area contributed by atoms with Crippen molar-refractivity contribution in [2.75, 3.05) is 0 Å². The minimum absolute atomic E-state index is 0.0366. The molecule has 3 N–H and O–H groups in total. The van der Waals surface area contributed by atoms with Crippen LogP contribution in [0.5, 0.6) is 0 Å². The number of ether oxygens (including phenoxy) is 1. The number of aliphatic hydroxyl groups excluding tert-OH is 1. The molecule has 29 heavy (non-hydrogen) atoms. The van der Waals surface area contributed by atoms with Gasteiger partial charge in [0.15, 0.2) is 0 Å². The van der Waals surface area contributed by atoms with Gasteiger partial charge in [-0.15, -0.1) is 0 Å². The summed E-state index contributed by atoms with van der Waals surface area (Å²) in [5, 5.41) is 10.4. The minimum atomic E-state index is -4.73. The maximum Gasteiger partial charge on any atom is 0.469 e. The Morgan fingerprint density at radius 1 is 1.21 bits per heavy atom. The third-order valence-corrected chi connectivity index (χ3v) is 5.55. The zero-order chi connectivity index (χ0) is 22.0. The van der Waals surface area contributed by atoms with E-state index in [0.29, 0.717) is 12.8 Å². The molecule has 0 saturated heterocycles. The molecule has 1 aliphatic rings. The molecule has 0 bridgehead atoms. The van der Waals surface area contributed by atoms with Crippen LogP contribution < -0.4 is 0 Å². The van der Waals surface area contributed by atoms with E-state index in [4.69, 9.17) is 9.26 Å². The van der Waals surface area contributed by atoms with Crippen LogP contribution in [0.4, 0.5) is 0 Å². The van der Waals surface area contributed by atoms with Crippen molar-refractivity contribution in [2.24, 2.45) is 17.8 Å². The number of carbonyl (C=O) groups is 1. The van der Waals surface area contributed by atoms with Crippen molar-refractivity contribution in [3.63, 3.8) is 0 Å². The van der Waals surface area contributed by atoms with Crippen molar-refractivity contribution in [1.29, 1.82) is 0 Å². The topological polar surface area (TPSA) is 113 Å². The molecule has 0 aromatic carbocycles. The van der Waals surface area contributed by atoms with Gasteiger partial charge in [0.2, 0.25) is 0 Å². The molecule has 0 saturated carbocycles. The van der Waals surface area contributed by atoms with Crippen molar-refractivity contribution in [2.45, 2.75) is 58.8 Å². The Kier molecular flexibility index (Phi) is 10.8. The number of cyclic esters (lactones) is 1. The van der Waals surface area contributed by atoms with Gasteiger partial charge in [-0.3, -0.25) is 4.52 Å². The molecule has 0 radical (unpaired) electrons. The van der Waals surface area contributed by atoms with Crippen molar-refractivity contribution < 1.29 is 33.5 Å². The SMILES string of the molecule is C\C=C/C=C\C=C/[C@H](O)[C@H](C)[C@H](CC[C@H](C)[C@H]1OC(=O)C=C[C@@H]1C)OP(=O)(O)O. The molecule has 164 valence electrons. The molecule has 0 aliphatic carbocycles. The fourth-order valence-corrected chi connectivity index (χ4v) is 3.90. The van der Waals surface area contributed by atoms with Gasteiger partial charge in [-0.05, 0) is 25.7 Å². The van der Waals surface area contributed by atoms with Gasteiger partial charge in [0.25, 0.3) is 0 Å². The predicted octanol–water partition coefficient (Wildman–Crippen LogP) is 3.68. The summed E-state index contributed by atoms with van der Waals surface area (Å²) in [6.45, 7) is 7.45. The molecular weight excluding hydrogens is 395 g/mol. The molecule has 0 fully saturated rings. The lowest BCUT2D eigenvalue weighted by Gasteiger charge is -2.32. The molecular formula is C21H33O7P. The van der Waals surface area contributed by atoms with Crippen molar-refractivity contribution in [3.05, 3.63) is 48.6 Å². The third-order valence-electron chi connectivity index (χ3n) is 5.01. The molecule has 1 aliphatic heterocycles. The molecule has 1 rings (SSSR count). The standard InChI is InChI=1S/C21H33O7P/c1-5-6-7-8-9-10-18(22)17(4)19(28-29(24,25)26)13-11-15(2)21-16(3)12-14-20(23)27-21/h5-10,12,14-19,21-22H,11,13H2,1-4H3,(H2,24,25,26)/b6-5-,8-7-,10-9-/t15-,16-,17-,18-,19-,21+/m0/s1. The van der Waals surface area contributed by atoms with Crippen LogP contribution in [-0.2, 0) is 18.6 Å². The Morgan fingerprint density at radius 3 is 2.48 bits per heavy atom. The van der Waals surface area contributed by atoms with Crippen molar-refractivity contribution >= 4 is 13.8 Å². The van der Waals surface area contributed by atoms with Crippen LogP contribution in [0.15, 0.2) is 48.6 Å². The van der Waals surface area contributed by atoms with E-state index >= 15 is 0 Å². The van der Waals surface area contributed by atoms with E-state index in [0.717, 1.165) is 0 Å². The zero-order valence-electron chi connectivity index (χ0n) is 17.4. The Morgan fingerprint density at radius 2 is 1.86 bits per heavy atom. The molecule has 7 nitrogen and oxygen atoms in total. The summed E-state index contributed by atoms with van der Waals surface area (Å²) in [5.74, 6) is -0.917. The highest BCUT2D eigenvalue weighted by molar-refractivity contribution is 7.46. The molecule has 1 heterocycles. The smallest absolute Gasteiger partial charge is 0.458 e. The monoisotopic (exact) mass is 428 g/mol. The first-order valence-corrected chi connectivity index (χ1v) is 11.3. The maximum atomic E-state index is 11.5. The summed E-state index contributed by atoms with van der Waals surface area (Å²) in [6.07, 6.45) is 12.4. The largest absolute Gasteiger partial charge is 0.469 e. The molecule has 0 unspecified atom stereocenters. The first-order chi connectivity index (χ1) is 13.5. The van der Waals surface area contributed by atoms with Crippen LogP contribution in [-0.4, -0.2) is 39.2 Å². The summed E-state index contributed by atoms with van der Waals surface area (Å²) >= 11 is 0. The van der Waals surface area contributed by atoms with E-state index < -0.39 is 25.9 Å². The van der Waals surface area contributed by atoms with E-state index in [1.54, 1.807) is 37.3 Å². The van der Waals surface area contributed by atoms with E-state index in [1.807, 2.05) is 32.9 Å². The van der Waals surface area contributed by atoms with Crippen molar-refractivity contribution in [1.82, 2.24) is 0 Å². The van der Waals surface area contributed by atoms with E-state index in [2.05, 4.69) is 0 Å². The van der Waals surface area contributed by atoms with Gasteiger partial charge in [0.05, 0.1) is 12.2 Å². The van der Waals surface area contributed by atoms with Crippen LogP contribution in [0.25, 0.3) is 0 Å². The first kappa shape index (κ1) is 25.5. The van der Waals surface area contributed by atoms with E-state index in [-0.39, 0.29) is 23.9 Å². The number of carbonyl (C=O) groups excluding carboxylic acids is 1.